The van der Waals surface area contributed by atoms with Crippen LogP contribution in [0.4, 0.5) is 4.39 Å². The van der Waals surface area contributed by atoms with Crippen molar-refractivity contribution in [3.8, 4) is 5.75 Å². The fourth-order valence-electron chi connectivity index (χ4n) is 4.48. The summed E-state index contributed by atoms with van der Waals surface area (Å²) in [5, 5.41) is 3.25. The van der Waals surface area contributed by atoms with Crippen LogP contribution in [0.2, 0.25) is 0 Å². The molecule has 0 bridgehead atoms. The second kappa shape index (κ2) is 10.3. The van der Waals surface area contributed by atoms with Crippen LogP contribution >= 0.6 is 0 Å². The van der Waals surface area contributed by atoms with E-state index in [0.29, 0.717) is 5.92 Å². The quantitative estimate of drug-likeness (QED) is 0.648. The lowest BCUT2D eigenvalue weighted by atomic mass is 9.92. The van der Waals surface area contributed by atoms with Crippen molar-refractivity contribution >= 4 is 5.91 Å². The minimum atomic E-state index is -0.219. The molecule has 0 spiro atoms. The molecular formula is C26H35FN2O2. The van der Waals surface area contributed by atoms with E-state index < -0.39 is 0 Å². The van der Waals surface area contributed by atoms with Crippen molar-refractivity contribution in [2.75, 3.05) is 20.2 Å². The average molecular weight is 427 g/mol. The summed E-state index contributed by atoms with van der Waals surface area (Å²) in [7, 11) is 1.70. The van der Waals surface area contributed by atoms with Gasteiger partial charge in [-0.25, -0.2) is 4.39 Å². The van der Waals surface area contributed by atoms with E-state index in [9.17, 15) is 9.18 Å². The summed E-state index contributed by atoms with van der Waals surface area (Å²) < 4.78 is 18.7. The Balaban J connectivity index is 1.65. The zero-order valence-corrected chi connectivity index (χ0v) is 19.4. The molecule has 0 saturated carbocycles. The van der Waals surface area contributed by atoms with Crippen molar-refractivity contribution in [3.63, 3.8) is 0 Å². The molecule has 1 saturated heterocycles. The molecule has 0 aromatic heterocycles. The minimum Gasteiger partial charge on any atom is -0.496 e. The molecule has 3 rings (SSSR count). The monoisotopic (exact) mass is 426 g/mol. The van der Waals surface area contributed by atoms with Gasteiger partial charge in [-0.1, -0.05) is 26.0 Å². The van der Waals surface area contributed by atoms with Crippen LogP contribution in [0.1, 0.15) is 67.8 Å². The number of carbonyl (C=O) groups is 1. The average Bonchev–Trinajstić information content (AvgIpc) is 2.75. The molecule has 1 aliphatic heterocycles. The van der Waals surface area contributed by atoms with Crippen LogP contribution in [0, 0.1) is 18.7 Å². The van der Waals surface area contributed by atoms with Gasteiger partial charge in [0, 0.05) is 13.1 Å². The largest absolute Gasteiger partial charge is 0.496 e. The number of hydrogen-bond acceptors (Lipinski definition) is 3. The molecule has 168 valence electrons. The minimum absolute atomic E-state index is 0.0280. The summed E-state index contributed by atoms with van der Waals surface area (Å²) in [6.45, 7) is 10.9. The van der Waals surface area contributed by atoms with E-state index in [1.807, 2.05) is 12.1 Å². The van der Waals surface area contributed by atoms with Crippen molar-refractivity contribution in [1.29, 1.82) is 0 Å². The number of hydrogen-bond donors (Lipinski definition) is 1. The maximum absolute atomic E-state index is 13.2. The number of nitrogens with one attached hydrogen (secondary N) is 1. The fraction of sp³-hybridized carbons (Fsp3) is 0.500. The Bertz CT molecular complexity index is 895. The first kappa shape index (κ1) is 23.3. The van der Waals surface area contributed by atoms with Crippen LogP contribution in [-0.4, -0.2) is 31.0 Å². The van der Waals surface area contributed by atoms with E-state index in [1.165, 1.54) is 12.1 Å². The molecule has 1 N–H and O–H groups in total. The van der Waals surface area contributed by atoms with Crippen molar-refractivity contribution in [2.24, 2.45) is 5.92 Å². The Labute approximate surface area is 185 Å². The normalized spacial score (nSPS) is 18.1. The molecule has 1 amide bonds. The molecule has 0 radical (unpaired) electrons. The number of aryl methyl sites for hydroxylation is 1. The van der Waals surface area contributed by atoms with E-state index in [4.69, 9.17) is 4.74 Å². The number of amides is 1. The topological polar surface area (TPSA) is 41.6 Å². The number of carbonyl (C=O) groups excluding carboxylic acids is 1. The summed E-state index contributed by atoms with van der Waals surface area (Å²) in [6, 6.07) is 10.8. The number of methoxy groups -OCH3 is 1. The predicted octanol–water partition coefficient (Wildman–Crippen LogP) is 5.36. The molecule has 0 aliphatic carbocycles. The van der Waals surface area contributed by atoms with Crippen LogP contribution in [0.3, 0.4) is 0 Å². The molecular weight excluding hydrogens is 391 g/mol. The number of benzene rings is 2. The van der Waals surface area contributed by atoms with E-state index in [-0.39, 0.29) is 23.7 Å². The molecule has 1 fully saturated rings. The third-order valence-electron chi connectivity index (χ3n) is 6.26. The molecule has 1 aliphatic rings. The third-order valence-corrected chi connectivity index (χ3v) is 6.26. The van der Waals surface area contributed by atoms with Crippen molar-refractivity contribution in [3.05, 3.63) is 64.5 Å². The van der Waals surface area contributed by atoms with Crippen LogP contribution in [0.15, 0.2) is 36.4 Å². The van der Waals surface area contributed by atoms with Crippen LogP contribution < -0.4 is 10.1 Å². The second-order valence-corrected chi connectivity index (χ2v) is 9.04. The van der Waals surface area contributed by atoms with Crippen molar-refractivity contribution < 1.29 is 13.9 Å². The maximum Gasteiger partial charge on any atom is 0.224 e. The van der Waals surface area contributed by atoms with Crippen LogP contribution in [0.25, 0.3) is 0 Å². The van der Waals surface area contributed by atoms with Crippen LogP contribution in [0.5, 0.6) is 5.75 Å². The first-order valence-electron chi connectivity index (χ1n) is 11.2. The molecule has 1 heterocycles. The number of halogens is 1. The van der Waals surface area contributed by atoms with Gasteiger partial charge in [0.05, 0.1) is 19.1 Å². The zero-order chi connectivity index (χ0) is 22.5. The van der Waals surface area contributed by atoms with Gasteiger partial charge in [0.1, 0.15) is 11.6 Å². The first-order chi connectivity index (χ1) is 14.8. The predicted molar refractivity (Wildman–Crippen MR) is 123 cm³/mol. The van der Waals surface area contributed by atoms with Crippen molar-refractivity contribution in [1.82, 2.24) is 10.2 Å². The van der Waals surface area contributed by atoms with Crippen LogP contribution in [-0.2, 0) is 11.3 Å². The summed E-state index contributed by atoms with van der Waals surface area (Å²) in [5.41, 5.74) is 4.49. The van der Waals surface area contributed by atoms with Gasteiger partial charge in [0.2, 0.25) is 5.91 Å². The maximum atomic E-state index is 13.2. The first-order valence-corrected chi connectivity index (χ1v) is 11.2. The van der Waals surface area contributed by atoms with E-state index in [2.05, 4.69) is 50.0 Å². The van der Waals surface area contributed by atoms with Gasteiger partial charge < -0.3 is 10.1 Å². The number of nitrogens with zero attached hydrogens (tertiary/aromatic N) is 1. The van der Waals surface area contributed by atoms with E-state index in [1.54, 1.807) is 7.11 Å². The third kappa shape index (κ3) is 5.85. The molecule has 2 atom stereocenters. The highest BCUT2D eigenvalue weighted by molar-refractivity contribution is 5.79. The standard InChI is InChI=1S/C26H35FN2O2/c1-17(2)23-14-24(18(3)13-25(23)31-5)19(4)28-26(30)21-7-6-12-29(16-21)15-20-8-10-22(27)11-9-20/h8-11,13-14,17,19,21H,6-7,12,15-16H2,1-5H3,(H,28,30)/t19-,21-/m0/s1. The highest BCUT2D eigenvalue weighted by Gasteiger charge is 2.27. The number of ether oxygens (including phenoxy) is 1. The molecule has 0 unspecified atom stereocenters. The van der Waals surface area contributed by atoms with Gasteiger partial charge in [0.25, 0.3) is 0 Å². The molecule has 2 aromatic carbocycles. The zero-order valence-electron chi connectivity index (χ0n) is 19.4. The SMILES string of the molecule is COc1cc(C)c([C@H](C)NC(=O)[C@H]2CCCN(Cc3ccc(F)cc3)C2)cc1C(C)C. The summed E-state index contributed by atoms with van der Waals surface area (Å²) >= 11 is 0. The highest BCUT2D eigenvalue weighted by Crippen LogP contribution is 2.32. The molecule has 2 aromatic rings. The fourth-order valence-corrected chi connectivity index (χ4v) is 4.48. The molecule has 5 heteroatoms. The Kier molecular flexibility index (Phi) is 7.71. The smallest absolute Gasteiger partial charge is 0.224 e. The van der Waals surface area contributed by atoms with Gasteiger partial charge in [-0.2, -0.15) is 0 Å². The van der Waals surface area contributed by atoms with E-state index >= 15 is 0 Å². The van der Waals surface area contributed by atoms with Gasteiger partial charge in [0.15, 0.2) is 0 Å². The highest BCUT2D eigenvalue weighted by atomic mass is 19.1. The Morgan fingerprint density at radius 3 is 2.55 bits per heavy atom. The lowest BCUT2D eigenvalue weighted by Gasteiger charge is -2.33. The number of rotatable bonds is 7. The second-order valence-electron chi connectivity index (χ2n) is 9.04. The Morgan fingerprint density at radius 1 is 1.19 bits per heavy atom. The Hall–Kier alpha value is -2.40. The van der Waals surface area contributed by atoms with Gasteiger partial charge in [-0.05, 0) is 85.7 Å². The van der Waals surface area contributed by atoms with Gasteiger partial charge >= 0.3 is 0 Å². The number of piperidine rings is 1. The lowest BCUT2D eigenvalue weighted by molar-refractivity contribution is -0.127. The van der Waals surface area contributed by atoms with Gasteiger partial charge in [-0.15, -0.1) is 0 Å². The van der Waals surface area contributed by atoms with Gasteiger partial charge in [-0.3, -0.25) is 9.69 Å². The van der Waals surface area contributed by atoms with Crippen molar-refractivity contribution in [2.45, 2.75) is 59.0 Å². The lowest BCUT2D eigenvalue weighted by Crippen LogP contribution is -2.43. The molecule has 31 heavy (non-hydrogen) atoms. The summed E-state index contributed by atoms with van der Waals surface area (Å²) in [4.78, 5) is 15.4. The summed E-state index contributed by atoms with van der Waals surface area (Å²) in [5.74, 6) is 1.11. The molecule has 4 nitrogen and oxygen atoms in total. The van der Waals surface area contributed by atoms with E-state index in [0.717, 1.165) is 60.5 Å². The Morgan fingerprint density at radius 2 is 1.90 bits per heavy atom. The number of likely N-dealkylation sites (tertiary alicyclic amines) is 1. The summed E-state index contributed by atoms with van der Waals surface area (Å²) in [6.07, 6.45) is 1.89.